The minimum Gasteiger partial charge on any atom is -0.378 e. The number of rotatable bonds is 6. The summed E-state index contributed by atoms with van der Waals surface area (Å²) in [7, 11) is 1.96. The molecule has 0 amide bonds. The molecule has 1 fully saturated rings. The molecule has 0 saturated carbocycles. The lowest BCUT2D eigenvalue weighted by atomic mass is 10.0. The number of hydrogen-bond acceptors (Lipinski definition) is 3. The third-order valence-electron chi connectivity index (χ3n) is 3.51. The molecule has 0 spiro atoms. The molecule has 1 aliphatic rings. The summed E-state index contributed by atoms with van der Waals surface area (Å²) >= 11 is 6.18. The van der Waals surface area contributed by atoms with Crippen molar-refractivity contribution in [3.05, 3.63) is 29.0 Å². The summed E-state index contributed by atoms with van der Waals surface area (Å²) in [6, 6.07) is 4.00. The predicted molar refractivity (Wildman–Crippen MR) is 73.9 cm³/mol. The average Bonchev–Trinajstić information content (AvgIpc) is 2.89. The van der Waals surface area contributed by atoms with Crippen LogP contribution in [0.4, 0.5) is 0 Å². The minimum atomic E-state index is 0.236. The van der Waals surface area contributed by atoms with Gasteiger partial charge in [0.1, 0.15) is 0 Å². The van der Waals surface area contributed by atoms with Crippen molar-refractivity contribution in [1.29, 1.82) is 0 Å². The molecule has 4 heteroatoms. The van der Waals surface area contributed by atoms with Gasteiger partial charge in [0.05, 0.1) is 22.9 Å². The van der Waals surface area contributed by atoms with Crippen molar-refractivity contribution in [2.24, 2.45) is 0 Å². The Morgan fingerprint density at radius 1 is 1.61 bits per heavy atom. The molecule has 0 aliphatic carbocycles. The van der Waals surface area contributed by atoms with Crippen molar-refractivity contribution in [3.8, 4) is 0 Å². The van der Waals surface area contributed by atoms with E-state index >= 15 is 0 Å². The van der Waals surface area contributed by atoms with Gasteiger partial charge >= 0.3 is 0 Å². The van der Waals surface area contributed by atoms with Gasteiger partial charge in [-0.15, -0.1) is 0 Å². The van der Waals surface area contributed by atoms with Crippen molar-refractivity contribution in [1.82, 2.24) is 10.3 Å². The molecule has 0 bridgehead atoms. The van der Waals surface area contributed by atoms with Crippen LogP contribution in [-0.2, 0) is 4.74 Å². The third kappa shape index (κ3) is 3.67. The van der Waals surface area contributed by atoms with Crippen LogP contribution >= 0.6 is 11.6 Å². The first-order valence-corrected chi connectivity index (χ1v) is 7.08. The molecule has 1 aliphatic heterocycles. The summed E-state index contributed by atoms with van der Waals surface area (Å²) in [6.07, 6.45) is 8.03. The molecular weight excluding hydrogens is 248 g/mol. The quantitative estimate of drug-likeness (QED) is 0.859. The smallest absolute Gasteiger partial charge is 0.0758 e. The summed E-state index contributed by atoms with van der Waals surface area (Å²) in [4.78, 5) is 4.37. The number of pyridine rings is 1. The van der Waals surface area contributed by atoms with Crippen LogP contribution in [0.1, 0.15) is 43.8 Å². The lowest BCUT2D eigenvalue weighted by Gasteiger charge is -2.17. The van der Waals surface area contributed by atoms with Crippen LogP contribution in [0.5, 0.6) is 0 Å². The summed E-state index contributed by atoms with van der Waals surface area (Å²) in [5, 5.41) is 4.04. The number of hydrogen-bond donors (Lipinski definition) is 1. The fourth-order valence-electron chi connectivity index (χ4n) is 2.49. The number of nitrogens with one attached hydrogen (secondary N) is 1. The maximum Gasteiger partial charge on any atom is 0.0758 e. The fraction of sp³-hybridized carbons (Fsp3) is 0.643. The Bertz CT molecular complexity index is 367. The molecule has 1 N–H and O–H groups in total. The van der Waals surface area contributed by atoms with Crippen LogP contribution in [0.2, 0.25) is 5.02 Å². The second kappa shape index (κ2) is 7.07. The minimum absolute atomic E-state index is 0.236. The molecular formula is C14H21ClN2O. The molecule has 3 nitrogen and oxygen atoms in total. The van der Waals surface area contributed by atoms with E-state index in [1.54, 1.807) is 6.20 Å². The Balaban J connectivity index is 1.83. The number of nitrogens with zero attached hydrogens (tertiary/aromatic N) is 1. The monoisotopic (exact) mass is 268 g/mol. The van der Waals surface area contributed by atoms with Gasteiger partial charge in [0.15, 0.2) is 0 Å². The van der Waals surface area contributed by atoms with Gasteiger partial charge in [-0.25, -0.2) is 0 Å². The molecule has 2 atom stereocenters. The molecule has 100 valence electrons. The highest BCUT2D eigenvalue weighted by Crippen LogP contribution is 2.25. The van der Waals surface area contributed by atoms with Gasteiger partial charge in [0.25, 0.3) is 0 Å². The average molecular weight is 269 g/mol. The van der Waals surface area contributed by atoms with E-state index in [1.807, 2.05) is 19.2 Å². The Labute approximate surface area is 114 Å². The summed E-state index contributed by atoms with van der Waals surface area (Å²) in [5.74, 6) is 0. The second-order valence-electron chi connectivity index (χ2n) is 4.78. The highest BCUT2D eigenvalue weighted by atomic mass is 35.5. The summed E-state index contributed by atoms with van der Waals surface area (Å²) in [5.41, 5.74) is 0.953. The van der Waals surface area contributed by atoms with Crippen molar-refractivity contribution in [3.63, 3.8) is 0 Å². The van der Waals surface area contributed by atoms with Gasteiger partial charge in [0.2, 0.25) is 0 Å². The zero-order valence-corrected chi connectivity index (χ0v) is 11.6. The molecule has 1 saturated heterocycles. The second-order valence-corrected chi connectivity index (χ2v) is 5.18. The SMILES string of the molecule is CNC(CCCC1CCCO1)c1ncccc1Cl. The van der Waals surface area contributed by atoms with E-state index in [4.69, 9.17) is 16.3 Å². The van der Waals surface area contributed by atoms with Crippen LogP contribution in [0.15, 0.2) is 18.3 Å². The zero-order chi connectivity index (χ0) is 12.8. The molecule has 1 aromatic rings. The molecule has 2 heterocycles. The van der Waals surface area contributed by atoms with Crippen LogP contribution < -0.4 is 5.32 Å². The van der Waals surface area contributed by atoms with E-state index in [1.165, 1.54) is 12.8 Å². The van der Waals surface area contributed by atoms with E-state index < -0.39 is 0 Å². The lowest BCUT2D eigenvalue weighted by Crippen LogP contribution is -2.18. The van der Waals surface area contributed by atoms with Crippen LogP contribution in [0.3, 0.4) is 0 Å². The largest absolute Gasteiger partial charge is 0.378 e. The van der Waals surface area contributed by atoms with Crippen molar-refractivity contribution < 1.29 is 4.74 Å². The highest BCUT2D eigenvalue weighted by Gasteiger charge is 2.18. The molecule has 2 rings (SSSR count). The van der Waals surface area contributed by atoms with Crippen molar-refractivity contribution in [2.45, 2.75) is 44.2 Å². The summed E-state index contributed by atoms with van der Waals surface area (Å²) < 4.78 is 5.64. The third-order valence-corrected chi connectivity index (χ3v) is 3.83. The molecule has 1 aromatic heterocycles. The van der Waals surface area contributed by atoms with Gasteiger partial charge in [-0.3, -0.25) is 4.98 Å². The maximum absolute atomic E-state index is 6.18. The van der Waals surface area contributed by atoms with Gasteiger partial charge in [-0.1, -0.05) is 11.6 Å². The highest BCUT2D eigenvalue weighted by molar-refractivity contribution is 6.31. The lowest BCUT2D eigenvalue weighted by molar-refractivity contribution is 0.101. The van der Waals surface area contributed by atoms with E-state index in [2.05, 4.69) is 10.3 Å². The molecule has 18 heavy (non-hydrogen) atoms. The van der Waals surface area contributed by atoms with E-state index in [9.17, 15) is 0 Å². The van der Waals surface area contributed by atoms with Gasteiger partial charge in [-0.2, -0.15) is 0 Å². The Morgan fingerprint density at radius 2 is 2.50 bits per heavy atom. The van der Waals surface area contributed by atoms with Gasteiger partial charge in [0, 0.05) is 12.8 Å². The normalized spacial score (nSPS) is 21.1. The van der Waals surface area contributed by atoms with Gasteiger partial charge in [-0.05, 0) is 51.3 Å². The summed E-state index contributed by atoms with van der Waals surface area (Å²) in [6.45, 7) is 0.937. The van der Waals surface area contributed by atoms with Crippen LogP contribution in [-0.4, -0.2) is 24.7 Å². The number of ether oxygens (including phenoxy) is 1. The van der Waals surface area contributed by atoms with E-state index in [-0.39, 0.29) is 6.04 Å². The Kier molecular flexibility index (Phi) is 5.42. The molecule has 0 aromatic carbocycles. The van der Waals surface area contributed by atoms with E-state index in [0.29, 0.717) is 6.10 Å². The first kappa shape index (κ1) is 13.8. The first-order valence-electron chi connectivity index (χ1n) is 6.70. The van der Waals surface area contributed by atoms with Crippen LogP contribution in [0, 0.1) is 0 Å². The first-order chi connectivity index (χ1) is 8.81. The fourth-order valence-corrected chi connectivity index (χ4v) is 2.75. The number of halogens is 1. The molecule has 2 unspecified atom stereocenters. The van der Waals surface area contributed by atoms with Gasteiger partial charge < -0.3 is 10.1 Å². The standard InChI is InChI=1S/C14H21ClN2O/c1-16-13(14-12(15)7-3-9-17-14)8-2-5-11-6-4-10-18-11/h3,7,9,11,13,16H,2,4-6,8,10H2,1H3. The maximum atomic E-state index is 6.18. The van der Waals surface area contributed by atoms with Crippen molar-refractivity contribution >= 4 is 11.6 Å². The Hall–Kier alpha value is -0.640. The predicted octanol–water partition coefficient (Wildman–Crippen LogP) is 3.34. The van der Waals surface area contributed by atoms with E-state index in [0.717, 1.165) is 36.6 Å². The molecule has 0 radical (unpaired) electrons. The van der Waals surface area contributed by atoms with Crippen molar-refractivity contribution in [2.75, 3.05) is 13.7 Å². The zero-order valence-electron chi connectivity index (χ0n) is 10.9. The number of aromatic nitrogens is 1. The Morgan fingerprint density at radius 3 is 3.17 bits per heavy atom. The van der Waals surface area contributed by atoms with Crippen LogP contribution in [0.25, 0.3) is 0 Å². The topological polar surface area (TPSA) is 34.1 Å².